The van der Waals surface area contributed by atoms with Crippen molar-refractivity contribution in [2.75, 3.05) is 10.6 Å². The van der Waals surface area contributed by atoms with E-state index in [-0.39, 0.29) is 11.6 Å². The van der Waals surface area contributed by atoms with Crippen LogP contribution in [0.15, 0.2) is 54.6 Å². The van der Waals surface area contributed by atoms with Crippen LogP contribution in [0.2, 0.25) is 0 Å². The number of carbonyl (C=O) groups is 2. The van der Waals surface area contributed by atoms with Crippen LogP contribution in [-0.4, -0.2) is 11.8 Å². The van der Waals surface area contributed by atoms with Crippen LogP contribution in [0, 0.1) is 5.82 Å². The van der Waals surface area contributed by atoms with Crippen molar-refractivity contribution >= 4 is 33.8 Å². The third kappa shape index (κ3) is 3.68. The monoisotopic (exact) mass is 394 g/mol. The fourth-order valence-corrected chi connectivity index (χ4v) is 4.69. The number of benzene rings is 2. The van der Waals surface area contributed by atoms with Gasteiger partial charge in [0.1, 0.15) is 10.8 Å². The molecule has 2 amide bonds. The Hall–Kier alpha value is -2.99. The molecule has 4 nitrogen and oxygen atoms in total. The van der Waals surface area contributed by atoms with Crippen LogP contribution < -0.4 is 10.6 Å². The van der Waals surface area contributed by atoms with Gasteiger partial charge in [-0.1, -0.05) is 30.3 Å². The molecule has 1 aliphatic rings. The summed E-state index contributed by atoms with van der Waals surface area (Å²) in [6.07, 6.45) is 3.73. The lowest BCUT2D eigenvalue weighted by Gasteiger charge is -2.13. The van der Waals surface area contributed by atoms with E-state index in [2.05, 4.69) is 10.6 Å². The number of hydrogen-bond acceptors (Lipinski definition) is 3. The zero-order chi connectivity index (χ0) is 19.5. The minimum atomic E-state index is -0.491. The van der Waals surface area contributed by atoms with Crippen LogP contribution in [0.5, 0.6) is 0 Å². The van der Waals surface area contributed by atoms with Gasteiger partial charge in [-0.05, 0) is 55.5 Å². The molecule has 3 aromatic rings. The van der Waals surface area contributed by atoms with Crippen LogP contribution in [0.1, 0.15) is 44.0 Å². The van der Waals surface area contributed by atoms with Gasteiger partial charge in [0.2, 0.25) is 0 Å². The van der Waals surface area contributed by atoms with Crippen molar-refractivity contribution < 1.29 is 14.0 Å². The van der Waals surface area contributed by atoms with Gasteiger partial charge < -0.3 is 10.6 Å². The summed E-state index contributed by atoms with van der Waals surface area (Å²) in [4.78, 5) is 26.8. The second kappa shape index (κ2) is 7.94. The average Bonchev–Trinajstić information content (AvgIpc) is 3.08. The second-order valence-electron chi connectivity index (χ2n) is 6.67. The molecule has 0 radical (unpaired) electrons. The van der Waals surface area contributed by atoms with E-state index in [1.807, 2.05) is 6.07 Å². The molecule has 1 aromatic heterocycles. The highest BCUT2D eigenvalue weighted by atomic mass is 32.1. The molecule has 0 saturated carbocycles. The van der Waals surface area contributed by atoms with Gasteiger partial charge in [0.15, 0.2) is 0 Å². The molecule has 2 aromatic carbocycles. The first-order chi connectivity index (χ1) is 13.6. The second-order valence-corrected chi connectivity index (χ2v) is 7.77. The molecule has 0 spiro atoms. The Morgan fingerprint density at radius 2 is 1.57 bits per heavy atom. The van der Waals surface area contributed by atoms with Gasteiger partial charge in [-0.15, -0.1) is 11.3 Å². The maximum Gasteiger partial charge on any atom is 0.259 e. The lowest BCUT2D eigenvalue weighted by molar-refractivity contribution is 0.102. The SMILES string of the molecule is O=C(Nc1sc2c(c1C(=O)Nc1ccccc1F)CCCC2)c1ccccc1. The van der Waals surface area contributed by atoms with Gasteiger partial charge in [0.25, 0.3) is 11.8 Å². The van der Waals surface area contributed by atoms with E-state index >= 15 is 0 Å². The molecule has 0 saturated heterocycles. The van der Waals surface area contributed by atoms with Gasteiger partial charge in [-0.25, -0.2) is 4.39 Å². The summed E-state index contributed by atoms with van der Waals surface area (Å²) in [5.74, 6) is -1.15. The van der Waals surface area contributed by atoms with E-state index in [4.69, 9.17) is 0 Å². The van der Waals surface area contributed by atoms with Crippen molar-refractivity contribution in [1.29, 1.82) is 0 Å². The molecule has 2 N–H and O–H groups in total. The predicted octanol–water partition coefficient (Wildman–Crippen LogP) is 5.27. The number of para-hydroxylation sites is 1. The zero-order valence-corrected chi connectivity index (χ0v) is 15.9. The van der Waals surface area contributed by atoms with Gasteiger partial charge in [0.05, 0.1) is 11.3 Å². The fourth-order valence-electron chi connectivity index (χ4n) is 3.41. The largest absolute Gasteiger partial charge is 0.319 e. The van der Waals surface area contributed by atoms with Crippen LogP contribution in [-0.2, 0) is 12.8 Å². The van der Waals surface area contributed by atoms with E-state index in [1.54, 1.807) is 36.4 Å². The summed E-state index contributed by atoms with van der Waals surface area (Å²) in [6.45, 7) is 0. The Morgan fingerprint density at radius 1 is 0.857 bits per heavy atom. The Balaban J connectivity index is 1.67. The summed E-state index contributed by atoms with van der Waals surface area (Å²) in [5, 5.41) is 6.07. The summed E-state index contributed by atoms with van der Waals surface area (Å²) in [5.41, 5.74) is 2.07. The molecule has 4 rings (SSSR count). The van der Waals surface area contributed by atoms with Crippen LogP contribution in [0.4, 0.5) is 15.1 Å². The van der Waals surface area contributed by atoms with E-state index in [9.17, 15) is 14.0 Å². The maximum atomic E-state index is 14.0. The van der Waals surface area contributed by atoms with Crippen molar-refractivity contribution in [1.82, 2.24) is 0 Å². The van der Waals surface area contributed by atoms with Crippen molar-refractivity contribution in [2.45, 2.75) is 25.7 Å². The first-order valence-electron chi connectivity index (χ1n) is 9.20. The van der Waals surface area contributed by atoms with Crippen molar-refractivity contribution in [3.8, 4) is 0 Å². The molecule has 0 bridgehead atoms. The van der Waals surface area contributed by atoms with E-state index < -0.39 is 11.7 Å². The van der Waals surface area contributed by atoms with E-state index in [0.717, 1.165) is 36.1 Å². The number of hydrogen-bond donors (Lipinski definition) is 2. The lowest BCUT2D eigenvalue weighted by atomic mass is 9.95. The lowest BCUT2D eigenvalue weighted by Crippen LogP contribution is -2.19. The number of rotatable bonds is 4. The summed E-state index contributed by atoms with van der Waals surface area (Å²) in [7, 11) is 0. The average molecular weight is 394 g/mol. The number of anilines is 2. The molecule has 6 heteroatoms. The minimum Gasteiger partial charge on any atom is -0.319 e. The fraction of sp³-hybridized carbons (Fsp3) is 0.182. The van der Waals surface area contributed by atoms with Crippen LogP contribution in [0.3, 0.4) is 0 Å². The number of aryl methyl sites for hydroxylation is 1. The van der Waals surface area contributed by atoms with Gasteiger partial charge in [-0.3, -0.25) is 9.59 Å². The van der Waals surface area contributed by atoms with Gasteiger partial charge in [-0.2, -0.15) is 0 Å². The highest BCUT2D eigenvalue weighted by molar-refractivity contribution is 7.17. The number of thiophene rings is 1. The minimum absolute atomic E-state index is 0.128. The van der Waals surface area contributed by atoms with Crippen molar-refractivity contribution in [2.24, 2.45) is 0 Å². The van der Waals surface area contributed by atoms with Crippen molar-refractivity contribution in [3.63, 3.8) is 0 Å². The molecule has 0 unspecified atom stereocenters. The molecular weight excluding hydrogens is 375 g/mol. The Morgan fingerprint density at radius 3 is 2.36 bits per heavy atom. The summed E-state index contributed by atoms with van der Waals surface area (Å²) in [6, 6.07) is 14.9. The standard InChI is InChI=1S/C22H19FN2O2S/c23-16-11-5-6-12-17(16)24-21(27)19-15-10-4-7-13-18(15)28-22(19)25-20(26)14-8-2-1-3-9-14/h1-3,5-6,8-9,11-12H,4,7,10,13H2,(H,24,27)(H,25,26). The molecule has 0 atom stereocenters. The molecule has 0 fully saturated rings. The molecule has 28 heavy (non-hydrogen) atoms. The number of nitrogens with one attached hydrogen (secondary N) is 2. The van der Waals surface area contributed by atoms with Crippen LogP contribution in [0.25, 0.3) is 0 Å². The quantitative estimate of drug-likeness (QED) is 0.633. The van der Waals surface area contributed by atoms with E-state index in [0.29, 0.717) is 16.1 Å². The Labute approximate surface area is 166 Å². The topological polar surface area (TPSA) is 58.2 Å². The highest BCUT2D eigenvalue weighted by Crippen LogP contribution is 2.38. The first kappa shape index (κ1) is 18.4. The van der Waals surface area contributed by atoms with E-state index in [1.165, 1.54) is 23.5 Å². The number of amides is 2. The first-order valence-corrected chi connectivity index (χ1v) is 10.0. The number of halogens is 1. The zero-order valence-electron chi connectivity index (χ0n) is 15.1. The third-order valence-electron chi connectivity index (χ3n) is 4.78. The number of fused-ring (bicyclic) bond motifs is 1. The van der Waals surface area contributed by atoms with Crippen LogP contribution >= 0.6 is 11.3 Å². The summed E-state index contributed by atoms with van der Waals surface area (Å²) >= 11 is 1.44. The summed E-state index contributed by atoms with van der Waals surface area (Å²) < 4.78 is 14.0. The molecule has 1 heterocycles. The number of carbonyl (C=O) groups excluding carboxylic acids is 2. The molecule has 142 valence electrons. The Kier molecular flexibility index (Phi) is 5.21. The van der Waals surface area contributed by atoms with Gasteiger partial charge in [0, 0.05) is 10.4 Å². The molecular formula is C22H19FN2O2S. The van der Waals surface area contributed by atoms with Crippen molar-refractivity contribution in [3.05, 3.63) is 82.0 Å². The normalized spacial score (nSPS) is 12.9. The Bertz CT molecular complexity index is 1030. The highest BCUT2D eigenvalue weighted by Gasteiger charge is 2.27. The third-order valence-corrected chi connectivity index (χ3v) is 5.99. The molecule has 1 aliphatic carbocycles. The maximum absolute atomic E-state index is 14.0. The molecule has 0 aliphatic heterocycles. The predicted molar refractivity (Wildman–Crippen MR) is 110 cm³/mol. The smallest absolute Gasteiger partial charge is 0.259 e. The van der Waals surface area contributed by atoms with Gasteiger partial charge >= 0.3 is 0 Å².